The van der Waals surface area contributed by atoms with Crippen molar-refractivity contribution in [2.24, 2.45) is 5.73 Å². The molecular weight excluding hydrogens is 380 g/mol. The number of nitrogens with one attached hydrogen (secondary N) is 2. The Morgan fingerprint density at radius 1 is 1.14 bits per heavy atom. The number of benzene rings is 1. The molecule has 0 aliphatic carbocycles. The topological polar surface area (TPSA) is 140 Å². The first-order valence-corrected chi connectivity index (χ1v) is 9.27. The van der Waals surface area contributed by atoms with Gasteiger partial charge < -0.3 is 20.5 Å². The number of rotatable bonds is 8. The maximum atomic E-state index is 12.7. The molecule has 1 aromatic carbocycles. The zero-order chi connectivity index (χ0) is 20.8. The summed E-state index contributed by atoms with van der Waals surface area (Å²) in [5.74, 6) is -0.241. The molecule has 10 nitrogen and oxygen atoms in total. The largest absolute Gasteiger partial charge is 0.454 e. The Morgan fingerprint density at radius 3 is 2.69 bits per heavy atom. The first-order chi connectivity index (χ1) is 14.0. The molecule has 2 aliphatic heterocycles. The smallest absolute Gasteiger partial charge is 0.331 e. The van der Waals surface area contributed by atoms with Crippen molar-refractivity contribution >= 4 is 30.0 Å². The van der Waals surface area contributed by atoms with E-state index in [0.717, 1.165) is 24.2 Å². The number of fused-ring (bicyclic) bond motifs is 1. The molecule has 1 saturated heterocycles. The summed E-state index contributed by atoms with van der Waals surface area (Å²) in [5, 5.41) is 4.70. The predicted octanol–water partition coefficient (Wildman–Crippen LogP) is 1.11. The number of imide groups is 2. The fraction of sp³-hybridized carbons (Fsp3) is 0.368. The van der Waals surface area contributed by atoms with Crippen LogP contribution in [0.15, 0.2) is 23.8 Å². The van der Waals surface area contributed by atoms with Crippen LogP contribution >= 0.6 is 0 Å². The van der Waals surface area contributed by atoms with Crippen LogP contribution in [0.2, 0.25) is 0 Å². The first kappa shape index (κ1) is 20.2. The fourth-order valence-corrected chi connectivity index (χ4v) is 3.03. The van der Waals surface area contributed by atoms with Crippen LogP contribution in [0.4, 0.5) is 9.59 Å². The second-order valence-electron chi connectivity index (χ2n) is 6.59. The van der Waals surface area contributed by atoms with Gasteiger partial charge in [0.1, 0.15) is 5.57 Å². The minimum Gasteiger partial charge on any atom is -0.454 e. The summed E-state index contributed by atoms with van der Waals surface area (Å²) in [5.41, 5.74) is 5.45. The van der Waals surface area contributed by atoms with Crippen molar-refractivity contribution in [2.45, 2.75) is 25.7 Å². The molecule has 2 aliphatic rings. The van der Waals surface area contributed by atoms with Gasteiger partial charge in [0.05, 0.1) is 0 Å². The van der Waals surface area contributed by atoms with E-state index in [0.29, 0.717) is 30.0 Å². The zero-order valence-electron chi connectivity index (χ0n) is 15.7. The maximum absolute atomic E-state index is 12.7. The first-order valence-electron chi connectivity index (χ1n) is 9.27. The van der Waals surface area contributed by atoms with Crippen molar-refractivity contribution in [3.05, 3.63) is 29.3 Å². The highest BCUT2D eigenvalue weighted by Gasteiger charge is 2.35. The number of nitrogens with zero attached hydrogens (tertiary/aromatic N) is 1. The molecule has 3 rings (SSSR count). The van der Waals surface area contributed by atoms with Crippen LogP contribution in [0.5, 0.6) is 11.5 Å². The highest BCUT2D eigenvalue weighted by molar-refractivity contribution is 6.31. The Bertz CT molecular complexity index is 866. The van der Waals surface area contributed by atoms with Crippen LogP contribution in [0.3, 0.4) is 0 Å². The molecule has 6 amide bonds. The van der Waals surface area contributed by atoms with E-state index in [4.69, 9.17) is 15.2 Å². The van der Waals surface area contributed by atoms with Crippen LogP contribution in [0.25, 0.3) is 6.08 Å². The average molecular weight is 402 g/mol. The van der Waals surface area contributed by atoms with E-state index in [-0.39, 0.29) is 18.9 Å². The molecule has 29 heavy (non-hydrogen) atoms. The van der Waals surface area contributed by atoms with Crippen molar-refractivity contribution in [1.82, 2.24) is 15.5 Å². The summed E-state index contributed by atoms with van der Waals surface area (Å²) in [6, 6.07) is 3.76. The number of primary amides is 1. The van der Waals surface area contributed by atoms with Crippen molar-refractivity contribution in [1.29, 1.82) is 0 Å². The number of nitrogens with two attached hydrogens (primary N) is 1. The second-order valence-corrected chi connectivity index (χ2v) is 6.59. The summed E-state index contributed by atoms with van der Waals surface area (Å²) in [4.78, 5) is 48.5. The lowest BCUT2D eigenvalue weighted by Crippen LogP contribution is -2.54. The van der Waals surface area contributed by atoms with Gasteiger partial charge in [0.2, 0.25) is 6.79 Å². The number of carbonyl (C=O) groups is 4. The number of urea groups is 2. The number of carbonyl (C=O) groups excluding carboxylic acids is 4. The lowest BCUT2D eigenvalue weighted by Gasteiger charge is -2.26. The summed E-state index contributed by atoms with van der Waals surface area (Å²) in [6.45, 7) is 0.796. The molecule has 1 aromatic rings. The number of amides is 6. The molecule has 0 bridgehead atoms. The highest BCUT2D eigenvalue weighted by atomic mass is 16.7. The SMILES string of the molecule is NC(=O)NCCCCCCN1C(=O)NC(=O)/C(=C\c2ccc3c(c2)OCO3)C1=O. The molecule has 10 heteroatoms. The predicted molar refractivity (Wildman–Crippen MR) is 102 cm³/mol. The molecule has 2 heterocycles. The summed E-state index contributed by atoms with van der Waals surface area (Å²) >= 11 is 0. The van der Waals surface area contributed by atoms with E-state index in [1.807, 2.05) is 0 Å². The van der Waals surface area contributed by atoms with Gasteiger partial charge in [-0.2, -0.15) is 0 Å². The van der Waals surface area contributed by atoms with E-state index in [1.165, 1.54) is 6.08 Å². The third-order valence-electron chi connectivity index (χ3n) is 4.50. The summed E-state index contributed by atoms with van der Waals surface area (Å²) in [7, 11) is 0. The second kappa shape index (κ2) is 9.09. The molecular formula is C19H22N4O6. The fourth-order valence-electron chi connectivity index (χ4n) is 3.03. The van der Waals surface area contributed by atoms with Crippen LogP contribution in [0.1, 0.15) is 31.2 Å². The van der Waals surface area contributed by atoms with Gasteiger partial charge in [-0.3, -0.25) is 19.8 Å². The lowest BCUT2D eigenvalue weighted by molar-refractivity contribution is -0.130. The monoisotopic (exact) mass is 402 g/mol. The molecule has 154 valence electrons. The Kier molecular flexibility index (Phi) is 6.32. The zero-order valence-corrected chi connectivity index (χ0v) is 15.7. The van der Waals surface area contributed by atoms with Crippen LogP contribution in [0, 0.1) is 0 Å². The molecule has 0 atom stereocenters. The number of unbranched alkanes of at least 4 members (excludes halogenated alkanes) is 3. The molecule has 0 unspecified atom stereocenters. The van der Waals surface area contributed by atoms with E-state index in [2.05, 4.69) is 10.6 Å². The van der Waals surface area contributed by atoms with Gasteiger partial charge in [-0.15, -0.1) is 0 Å². The molecule has 1 fully saturated rings. The van der Waals surface area contributed by atoms with E-state index in [9.17, 15) is 19.2 Å². The van der Waals surface area contributed by atoms with Crippen molar-refractivity contribution in [3.63, 3.8) is 0 Å². The lowest BCUT2D eigenvalue weighted by atomic mass is 10.1. The normalized spacial score (nSPS) is 16.9. The summed E-state index contributed by atoms with van der Waals surface area (Å²) in [6.07, 6.45) is 4.32. The van der Waals surface area contributed by atoms with Crippen LogP contribution < -0.4 is 25.8 Å². The molecule has 0 aromatic heterocycles. The minimum atomic E-state index is -0.730. The minimum absolute atomic E-state index is 0.117. The Balaban J connectivity index is 1.58. The number of hydrogen-bond acceptors (Lipinski definition) is 6. The number of ether oxygens (including phenoxy) is 2. The quantitative estimate of drug-likeness (QED) is 0.338. The van der Waals surface area contributed by atoms with Gasteiger partial charge in [0.25, 0.3) is 11.8 Å². The third kappa shape index (κ3) is 5.03. The molecule has 0 spiro atoms. The van der Waals surface area contributed by atoms with Crippen LogP contribution in [-0.4, -0.2) is 48.7 Å². The summed E-state index contributed by atoms with van der Waals surface area (Å²) < 4.78 is 10.5. The van der Waals surface area contributed by atoms with Gasteiger partial charge in [-0.1, -0.05) is 18.9 Å². The van der Waals surface area contributed by atoms with Gasteiger partial charge in [0, 0.05) is 13.1 Å². The van der Waals surface area contributed by atoms with Gasteiger partial charge >= 0.3 is 12.1 Å². The van der Waals surface area contributed by atoms with Crippen molar-refractivity contribution in [3.8, 4) is 11.5 Å². The van der Waals surface area contributed by atoms with Crippen LogP contribution in [-0.2, 0) is 9.59 Å². The third-order valence-corrected chi connectivity index (χ3v) is 4.50. The van der Waals surface area contributed by atoms with Gasteiger partial charge in [-0.05, 0) is 36.6 Å². The Hall–Kier alpha value is -3.56. The highest BCUT2D eigenvalue weighted by Crippen LogP contribution is 2.33. The Labute approximate surface area is 167 Å². The number of barbiturate groups is 1. The average Bonchev–Trinajstić information content (AvgIpc) is 3.14. The number of hydrogen-bond donors (Lipinski definition) is 3. The van der Waals surface area contributed by atoms with Crippen molar-refractivity contribution < 1.29 is 28.7 Å². The van der Waals surface area contributed by atoms with Crippen molar-refractivity contribution in [2.75, 3.05) is 19.9 Å². The van der Waals surface area contributed by atoms with E-state index < -0.39 is 23.9 Å². The standard InChI is InChI=1S/C19H22N4O6/c20-18(26)21-7-3-1-2-4-8-23-17(25)13(16(24)22-19(23)27)9-12-5-6-14-15(10-12)29-11-28-14/h5-6,9-10H,1-4,7-8,11H2,(H3,20,21,26)(H,22,24,27)/b13-9+. The molecule has 4 N–H and O–H groups in total. The van der Waals surface area contributed by atoms with Gasteiger partial charge in [0.15, 0.2) is 11.5 Å². The maximum Gasteiger partial charge on any atom is 0.331 e. The van der Waals surface area contributed by atoms with E-state index >= 15 is 0 Å². The van der Waals surface area contributed by atoms with Gasteiger partial charge in [-0.25, -0.2) is 9.59 Å². The molecule has 0 radical (unpaired) electrons. The van der Waals surface area contributed by atoms with E-state index in [1.54, 1.807) is 18.2 Å². The Morgan fingerprint density at radius 2 is 1.90 bits per heavy atom. The molecule has 0 saturated carbocycles.